The van der Waals surface area contributed by atoms with Crippen LogP contribution in [0, 0.1) is 0 Å². The zero-order valence-corrected chi connectivity index (χ0v) is 13.2. The second-order valence-corrected chi connectivity index (χ2v) is 6.47. The Morgan fingerprint density at radius 1 is 1.13 bits per heavy atom. The van der Waals surface area contributed by atoms with Crippen LogP contribution in [-0.2, 0) is 21.4 Å². The van der Waals surface area contributed by atoms with Gasteiger partial charge in [0.1, 0.15) is 5.76 Å². The molecule has 1 aromatic heterocycles. The lowest BCUT2D eigenvalue weighted by atomic mass is 9.76. The first-order valence-electron chi connectivity index (χ1n) is 8.29. The van der Waals surface area contributed by atoms with Crippen LogP contribution >= 0.6 is 0 Å². The van der Waals surface area contributed by atoms with Crippen molar-refractivity contribution in [2.24, 2.45) is 0 Å². The van der Waals surface area contributed by atoms with E-state index in [0.717, 1.165) is 44.0 Å². The van der Waals surface area contributed by atoms with Crippen molar-refractivity contribution < 1.29 is 13.9 Å². The molecule has 4 rings (SSSR count). The molecule has 2 aliphatic heterocycles. The standard InChI is InChI=1S/C19H21NO3/c21-18(8-7-15-4-3-11-23-15)20-14-19(9-12-22-13-10-19)16-5-1-2-6-17(16)20/h1-6,11H,7-10,12-14H2. The van der Waals surface area contributed by atoms with Gasteiger partial charge < -0.3 is 14.1 Å². The summed E-state index contributed by atoms with van der Waals surface area (Å²) in [6, 6.07) is 12.1. The monoisotopic (exact) mass is 311 g/mol. The van der Waals surface area contributed by atoms with E-state index in [2.05, 4.69) is 18.2 Å². The van der Waals surface area contributed by atoms with Gasteiger partial charge in [0.25, 0.3) is 0 Å². The van der Waals surface area contributed by atoms with Crippen molar-refractivity contribution in [3.05, 3.63) is 54.0 Å². The number of amides is 1. The number of aryl methyl sites for hydroxylation is 1. The average Bonchev–Trinajstić information content (AvgIpc) is 3.21. The van der Waals surface area contributed by atoms with E-state index in [1.807, 2.05) is 23.1 Å². The molecular weight excluding hydrogens is 290 g/mol. The minimum Gasteiger partial charge on any atom is -0.469 e. The molecule has 2 aliphatic rings. The second kappa shape index (κ2) is 5.85. The van der Waals surface area contributed by atoms with Gasteiger partial charge in [-0.15, -0.1) is 0 Å². The lowest BCUT2D eigenvalue weighted by molar-refractivity contribution is -0.118. The lowest BCUT2D eigenvalue weighted by Gasteiger charge is -2.34. The average molecular weight is 311 g/mol. The molecule has 0 saturated carbocycles. The molecule has 0 unspecified atom stereocenters. The van der Waals surface area contributed by atoms with E-state index < -0.39 is 0 Å². The maximum Gasteiger partial charge on any atom is 0.227 e. The highest BCUT2D eigenvalue weighted by Gasteiger charge is 2.45. The minimum absolute atomic E-state index is 0.0786. The number of fused-ring (bicyclic) bond motifs is 2. The fourth-order valence-electron chi connectivity index (χ4n) is 3.86. The Kier molecular flexibility index (Phi) is 3.69. The van der Waals surface area contributed by atoms with Gasteiger partial charge >= 0.3 is 0 Å². The molecule has 1 amide bonds. The molecule has 1 aromatic carbocycles. The highest BCUT2D eigenvalue weighted by molar-refractivity contribution is 5.96. The number of carbonyl (C=O) groups excluding carboxylic acids is 1. The Morgan fingerprint density at radius 2 is 1.96 bits per heavy atom. The van der Waals surface area contributed by atoms with Gasteiger partial charge in [-0.2, -0.15) is 0 Å². The van der Waals surface area contributed by atoms with Gasteiger partial charge in [0.15, 0.2) is 0 Å². The maximum absolute atomic E-state index is 12.8. The summed E-state index contributed by atoms with van der Waals surface area (Å²) in [4.78, 5) is 14.8. The summed E-state index contributed by atoms with van der Waals surface area (Å²) in [5, 5.41) is 0. The van der Waals surface area contributed by atoms with Gasteiger partial charge in [0, 0.05) is 43.7 Å². The SMILES string of the molecule is O=C(CCc1ccco1)N1CC2(CCOCC2)c2ccccc21. The van der Waals surface area contributed by atoms with Crippen LogP contribution in [0.25, 0.3) is 0 Å². The van der Waals surface area contributed by atoms with Gasteiger partial charge in [-0.05, 0) is 36.6 Å². The quantitative estimate of drug-likeness (QED) is 0.873. The van der Waals surface area contributed by atoms with Crippen LogP contribution < -0.4 is 4.90 Å². The smallest absolute Gasteiger partial charge is 0.227 e. The number of hydrogen-bond acceptors (Lipinski definition) is 3. The van der Waals surface area contributed by atoms with Gasteiger partial charge in [-0.1, -0.05) is 18.2 Å². The summed E-state index contributed by atoms with van der Waals surface area (Å²) in [7, 11) is 0. The van der Waals surface area contributed by atoms with E-state index in [1.54, 1.807) is 6.26 Å². The summed E-state index contributed by atoms with van der Waals surface area (Å²) in [6.45, 7) is 2.35. The van der Waals surface area contributed by atoms with Crippen LogP contribution in [0.15, 0.2) is 47.1 Å². The molecule has 120 valence electrons. The Morgan fingerprint density at radius 3 is 2.74 bits per heavy atom. The van der Waals surface area contributed by atoms with E-state index >= 15 is 0 Å². The number of furan rings is 1. The van der Waals surface area contributed by atoms with Gasteiger partial charge in [-0.25, -0.2) is 0 Å². The van der Waals surface area contributed by atoms with E-state index in [-0.39, 0.29) is 11.3 Å². The first-order valence-corrected chi connectivity index (χ1v) is 8.29. The number of hydrogen-bond donors (Lipinski definition) is 0. The molecule has 0 aliphatic carbocycles. The van der Waals surface area contributed by atoms with Crippen molar-refractivity contribution in [3.63, 3.8) is 0 Å². The van der Waals surface area contributed by atoms with E-state index in [0.29, 0.717) is 12.8 Å². The predicted octanol–water partition coefficient (Wildman–Crippen LogP) is 3.31. The Hall–Kier alpha value is -2.07. The molecule has 2 aromatic rings. The molecule has 1 saturated heterocycles. The van der Waals surface area contributed by atoms with Crippen molar-refractivity contribution in [2.45, 2.75) is 31.1 Å². The third kappa shape index (κ3) is 2.57. The zero-order valence-electron chi connectivity index (χ0n) is 13.2. The van der Waals surface area contributed by atoms with Crippen LogP contribution in [0.5, 0.6) is 0 Å². The second-order valence-electron chi connectivity index (χ2n) is 6.47. The number of benzene rings is 1. The highest BCUT2D eigenvalue weighted by atomic mass is 16.5. The predicted molar refractivity (Wildman–Crippen MR) is 87.6 cm³/mol. The van der Waals surface area contributed by atoms with Crippen molar-refractivity contribution in [1.82, 2.24) is 0 Å². The fourth-order valence-corrected chi connectivity index (χ4v) is 3.86. The van der Waals surface area contributed by atoms with Crippen LogP contribution in [0.1, 0.15) is 30.6 Å². The van der Waals surface area contributed by atoms with Gasteiger partial charge in [0.05, 0.1) is 6.26 Å². The van der Waals surface area contributed by atoms with Crippen LogP contribution in [-0.4, -0.2) is 25.7 Å². The summed E-state index contributed by atoms with van der Waals surface area (Å²) in [5.41, 5.74) is 2.48. The largest absolute Gasteiger partial charge is 0.469 e. The van der Waals surface area contributed by atoms with Crippen molar-refractivity contribution in [3.8, 4) is 0 Å². The molecule has 0 atom stereocenters. The van der Waals surface area contributed by atoms with Crippen molar-refractivity contribution >= 4 is 11.6 Å². The van der Waals surface area contributed by atoms with Crippen LogP contribution in [0.2, 0.25) is 0 Å². The summed E-state index contributed by atoms with van der Waals surface area (Å²) in [6.07, 6.45) is 4.77. The molecule has 4 nitrogen and oxygen atoms in total. The summed E-state index contributed by atoms with van der Waals surface area (Å²) < 4.78 is 10.9. The third-order valence-electron chi connectivity index (χ3n) is 5.14. The number of carbonyl (C=O) groups is 1. The molecule has 3 heterocycles. The molecule has 4 heteroatoms. The van der Waals surface area contributed by atoms with E-state index in [1.165, 1.54) is 5.56 Å². The topological polar surface area (TPSA) is 42.7 Å². The van der Waals surface area contributed by atoms with Crippen molar-refractivity contribution in [2.75, 3.05) is 24.7 Å². The summed E-state index contributed by atoms with van der Waals surface area (Å²) in [5.74, 6) is 1.05. The fraction of sp³-hybridized carbons (Fsp3) is 0.421. The Balaban J connectivity index is 1.56. The molecular formula is C19H21NO3. The summed E-state index contributed by atoms with van der Waals surface area (Å²) >= 11 is 0. The van der Waals surface area contributed by atoms with E-state index in [4.69, 9.17) is 9.15 Å². The number of para-hydroxylation sites is 1. The van der Waals surface area contributed by atoms with Crippen LogP contribution in [0.3, 0.4) is 0 Å². The first-order chi connectivity index (χ1) is 11.3. The lowest BCUT2D eigenvalue weighted by Crippen LogP contribution is -2.40. The van der Waals surface area contributed by atoms with E-state index in [9.17, 15) is 4.79 Å². The van der Waals surface area contributed by atoms with Crippen LogP contribution in [0.4, 0.5) is 5.69 Å². The Labute approximate surface area is 136 Å². The number of rotatable bonds is 3. The number of ether oxygens (including phenoxy) is 1. The number of nitrogens with zero attached hydrogens (tertiary/aromatic N) is 1. The molecule has 0 bridgehead atoms. The molecule has 1 spiro atoms. The third-order valence-corrected chi connectivity index (χ3v) is 5.14. The normalized spacial score (nSPS) is 19.0. The molecule has 0 N–H and O–H groups in total. The number of anilines is 1. The maximum atomic E-state index is 12.8. The van der Waals surface area contributed by atoms with Gasteiger partial charge in [0.2, 0.25) is 5.91 Å². The highest BCUT2D eigenvalue weighted by Crippen LogP contribution is 2.46. The molecule has 1 fully saturated rings. The minimum atomic E-state index is 0.0786. The first kappa shape index (κ1) is 14.5. The Bertz CT molecular complexity index is 686. The van der Waals surface area contributed by atoms with Crippen molar-refractivity contribution in [1.29, 1.82) is 0 Å². The molecule has 23 heavy (non-hydrogen) atoms. The molecule has 0 radical (unpaired) electrons. The zero-order chi connectivity index (χ0) is 15.7. The van der Waals surface area contributed by atoms with Gasteiger partial charge in [-0.3, -0.25) is 4.79 Å².